The lowest BCUT2D eigenvalue weighted by atomic mass is 9.98. The maximum absolute atomic E-state index is 12.4. The first-order valence-electron chi connectivity index (χ1n) is 6.02. The van der Waals surface area contributed by atoms with Crippen molar-refractivity contribution in [3.63, 3.8) is 0 Å². The molecule has 2 heterocycles. The predicted molar refractivity (Wildman–Crippen MR) is 69.8 cm³/mol. The summed E-state index contributed by atoms with van der Waals surface area (Å²) >= 11 is 0. The molecule has 0 radical (unpaired) electrons. The van der Waals surface area contributed by atoms with Crippen LogP contribution in [0.4, 0.5) is 5.82 Å². The summed E-state index contributed by atoms with van der Waals surface area (Å²) in [5.74, 6) is -1.11. The number of piperazine rings is 1. The van der Waals surface area contributed by atoms with E-state index in [9.17, 15) is 14.4 Å². The van der Waals surface area contributed by atoms with Gasteiger partial charge in [0.2, 0.25) is 5.91 Å². The first-order valence-corrected chi connectivity index (χ1v) is 6.02. The number of hydrogen-bond acceptors (Lipinski definition) is 6. The van der Waals surface area contributed by atoms with E-state index in [1.165, 1.54) is 17.3 Å². The number of rotatable bonds is 2. The number of anilines is 1. The summed E-state index contributed by atoms with van der Waals surface area (Å²) < 4.78 is 0. The van der Waals surface area contributed by atoms with Crippen molar-refractivity contribution in [1.29, 1.82) is 0 Å². The Labute approximate surface area is 115 Å². The van der Waals surface area contributed by atoms with Crippen LogP contribution in [0.2, 0.25) is 0 Å². The lowest BCUT2D eigenvalue weighted by molar-refractivity contribution is -0.143. The zero-order chi connectivity index (χ0) is 14.9. The zero-order valence-corrected chi connectivity index (χ0v) is 11.4. The van der Waals surface area contributed by atoms with Gasteiger partial charge in [-0.25, -0.2) is 4.98 Å². The van der Waals surface area contributed by atoms with Gasteiger partial charge in [0.15, 0.2) is 0 Å². The minimum Gasteiger partial charge on any atom is -0.372 e. The molecule has 0 aliphatic carbocycles. The normalized spacial score (nSPS) is 17.6. The number of nitrogens with zero attached hydrogens (tertiary/aromatic N) is 3. The fourth-order valence-electron chi connectivity index (χ4n) is 1.84. The fraction of sp³-hybridized carbons (Fsp3) is 0.417. The SMILES string of the molecule is CNc1cncc(C(=O)N2CC(=O)NC(=O)C2(C)C)n1. The summed E-state index contributed by atoms with van der Waals surface area (Å²) in [4.78, 5) is 44.9. The number of aromatic nitrogens is 2. The second-order valence-electron chi connectivity index (χ2n) is 4.87. The molecule has 0 aromatic carbocycles. The van der Waals surface area contributed by atoms with Crippen molar-refractivity contribution in [3.8, 4) is 0 Å². The average molecular weight is 277 g/mol. The van der Waals surface area contributed by atoms with E-state index in [0.717, 1.165) is 0 Å². The van der Waals surface area contributed by atoms with Crippen molar-refractivity contribution in [2.24, 2.45) is 0 Å². The van der Waals surface area contributed by atoms with Gasteiger partial charge in [-0.15, -0.1) is 0 Å². The molecular formula is C12H15N5O3. The quantitative estimate of drug-likeness (QED) is 0.699. The molecule has 8 heteroatoms. The van der Waals surface area contributed by atoms with Gasteiger partial charge in [-0.2, -0.15) is 0 Å². The Balaban J connectivity index is 2.35. The zero-order valence-electron chi connectivity index (χ0n) is 11.4. The van der Waals surface area contributed by atoms with Crippen molar-refractivity contribution < 1.29 is 14.4 Å². The van der Waals surface area contributed by atoms with Gasteiger partial charge in [0.1, 0.15) is 23.6 Å². The summed E-state index contributed by atoms with van der Waals surface area (Å²) in [6.07, 6.45) is 2.77. The molecule has 0 saturated carbocycles. The van der Waals surface area contributed by atoms with Crippen LogP contribution in [0.3, 0.4) is 0 Å². The average Bonchev–Trinajstić information content (AvgIpc) is 2.42. The van der Waals surface area contributed by atoms with Gasteiger partial charge < -0.3 is 10.2 Å². The smallest absolute Gasteiger partial charge is 0.275 e. The predicted octanol–water partition coefficient (Wildman–Crippen LogP) is -0.605. The lowest BCUT2D eigenvalue weighted by Gasteiger charge is -2.39. The van der Waals surface area contributed by atoms with Crippen molar-refractivity contribution in [1.82, 2.24) is 20.2 Å². The molecule has 8 nitrogen and oxygen atoms in total. The third-order valence-electron chi connectivity index (χ3n) is 3.14. The van der Waals surface area contributed by atoms with Gasteiger partial charge in [-0.1, -0.05) is 0 Å². The number of imide groups is 1. The minimum atomic E-state index is -1.12. The molecule has 0 bridgehead atoms. The Morgan fingerprint density at radius 3 is 2.75 bits per heavy atom. The Morgan fingerprint density at radius 2 is 2.10 bits per heavy atom. The topological polar surface area (TPSA) is 104 Å². The highest BCUT2D eigenvalue weighted by Crippen LogP contribution is 2.20. The van der Waals surface area contributed by atoms with Crippen LogP contribution in [0.1, 0.15) is 24.3 Å². The van der Waals surface area contributed by atoms with Gasteiger partial charge in [0.05, 0.1) is 12.4 Å². The van der Waals surface area contributed by atoms with Crippen LogP contribution in [0.25, 0.3) is 0 Å². The van der Waals surface area contributed by atoms with E-state index in [1.807, 2.05) is 0 Å². The Kier molecular flexibility index (Phi) is 3.39. The fourth-order valence-corrected chi connectivity index (χ4v) is 1.84. The van der Waals surface area contributed by atoms with E-state index in [2.05, 4.69) is 20.6 Å². The Morgan fingerprint density at radius 1 is 1.40 bits per heavy atom. The first kappa shape index (κ1) is 13.9. The highest BCUT2D eigenvalue weighted by Gasteiger charge is 2.44. The highest BCUT2D eigenvalue weighted by molar-refractivity contribution is 6.08. The number of nitrogens with one attached hydrogen (secondary N) is 2. The van der Waals surface area contributed by atoms with Gasteiger partial charge in [-0.05, 0) is 13.8 Å². The molecule has 106 valence electrons. The monoisotopic (exact) mass is 277 g/mol. The van der Waals surface area contributed by atoms with Crippen LogP contribution >= 0.6 is 0 Å². The van der Waals surface area contributed by atoms with Crippen LogP contribution in [-0.2, 0) is 9.59 Å². The molecule has 0 spiro atoms. The van der Waals surface area contributed by atoms with Crippen LogP contribution < -0.4 is 10.6 Å². The van der Waals surface area contributed by atoms with Crippen molar-refractivity contribution in [3.05, 3.63) is 18.1 Å². The molecule has 0 unspecified atom stereocenters. The van der Waals surface area contributed by atoms with Gasteiger partial charge in [0.25, 0.3) is 11.8 Å². The molecule has 1 aromatic rings. The molecule has 1 fully saturated rings. The maximum atomic E-state index is 12.4. The van der Waals surface area contributed by atoms with Gasteiger partial charge in [0, 0.05) is 7.05 Å². The second-order valence-corrected chi connectivity index (χ2v) is 4.87. The molecule has 1 aromatic heterocycles. The molecule has 2 N–H and O–H groups in total. The van der Waals surface area contributed by atoms with Crippen LogP contribution in [0.5, 0.6) is 0 Å². The molecule has 3 amide bonds. The number of amides is 3. The van der Waals surface area contributed by atoms with Crippen molar-refractivity contribution in [2.75, 3.05) is 18.9 Å². The second kappa shape index (κ2) is 4.87. The molecule has 1 aliphatic heterocycles. The number of hydrogen-bond donors (Lipinski definition) is 2. The molecule has 2 rings (SSSR count). The van der Waals surface area contributed by atoms with Crippen LogP contribution in [-0.4, -0.2) is 51.7 Å². The van der Waals surface area contributed by atoms with Crippen molar-refractivity contribution in [2.45, 2.75) is 19.4 Å². The van der Waals surface area contributed by atoms with E-state index in [4.69, 9.17) is 0 Å². The van der Waals surface area contributed by atoms with Crippen LogP contribution in [0, 0.1) is 0 Å². The summed E-state index contributed by atoms with van der Waals surface area (Å²) in [6.45, 7) is 2.95. The summed E-state index contributed by atoms with van der Waals surface area (Å²) in [6, 6.07) is 0. The minimum absolute atomic E-state index is 0.0763. The van der Waals surface area contributed by atoms with Gasteiger partial charge in [-0.3, -0.25) is 24.7 Å². The van der Waals surface area contributed by atoms with E-state index < -0.39 is 23.3 Å². The van der Waals surface area contributed by atoms with Crippen molar-refractivity contribution >= 4 is 23.5 Å². The summed E-state index contributed by atoms with van der Waals surface area (Å²) in [5, 5.41) is 4.98. The molecule has 0 atom stereocenters. The van der Waals surface area contributed by atoms with E-state index in [1.54, 1.807) is 20.9 Å². The third kappa shape index (κ3) is 2.31. The number of carbonyl (C=O) groups is 3. The van der Waals surface area contributed by atoms with E-state index in [-0.39, 0.29) is 12.2 Å². The summed E-state index contributed by atoms with van der Waals surface area (Å²) in [7, 11) is 1.65. The molecule has 1 saturated heterocycles. The number of carbonyl (C=O) groups excluding carboxylic acids is 3. The molecule has 20 heavy (non-hydrogen) atoms. The standard InChI is InChI=1S/C12H15N5O3/c1-12(2)11(20)16-9(18)6-17(12)10(19)7-4-14-5-8(13-3)15-7/h4-5H,6H2,1-3H3,(H,13,15)(H,16,18,20). The van der Waals surface area contributed by atoms with Crippen LogP contribution in [0.15, 0.2) is 12.4 Å². The summed E-state index contributed by atoms with van der Waals surface area (Å²) in [5.41, 5.74) is -1.05. The largest absolute Gasteiger partial charge is 0.372 e. The maximum Gasteiger partial charge on any atom is 0.275 e. The lowest BCUT2D eigenvalue weighted by Crippen LogP contribution is -2.65. The van der Waals surface area contributed by atoms with Gasteiger partial charge >= 0.3 is 0 Å². The van der Waals surface area contributed by atoms with E-state index >= 15 is 0 Å². The molecule has 1 aliphatic rings. The molecular weight excluding hydrogens is 262 g/mol. The Bertz CT molecular complexity index is 584. The first-order chi connectivity index (χ1) is 9.36. The highest BCUT2D eigenvalue weighted by atomic mass is 16.2. The Hall–Kier alpha value is -2.51. The van der Waals surface area contributed by atoms with E-state index in [0.29, 0.717) is 5.82 Å². The third-order valence-corrected chi connectivity index (χ3v) is 3.14.